The fraction of sp³-hybridized carbons (Fsp3) is 0.429. The number of esters is 2. The average molecular weight is 437 g/mol. The maximum atomic E-state index is 13.8. The highest BCUT2D eigenvalue weighted by Crippen LogP contribution is 2.64. The summed E-state index contributed by atoms with van der Waals surface area (Å²) in [6.45, 7) is 7.27. The van der Waals surface area contributed by atoms with Gasteiger partial charge in [0.05, 0.1) is 32.5 Å². The van der Waals surface area contributed by atoms with Crippen LogP contribution in [-0.2, 0) is 32.7 Å². The van der Waals surface area contributed by atoms with E-state index in [0.29, 0.717) is 5.56 Å². The maximum absolute atomic E-state index is 13.8. The monoisotopic (exact) mass is 437 g/mol. The topological polar surface area (TPSA) is 91.4 Å². The lowest BCUT2D eigenvalue weighted by molar-refractivity contribution is -0.142. The average Bonchev–Trinajstić information content (AvgIpc) is 2.72. The minimum atomic E-state index is -3.78. The van der Waals surface area contributed by atoms with Crippen molar-refractivity contribution in [3.05, 3.63) is 53.4 Å². The van der Waals surface area contributed by atoms with Crippen LogP contribution in [0.1, 0.15) is 44.6 Å². The quantitative estimate of drug-likeness (QED) is 0.305. The normalized spacial score (nSPS) is 16.2. The first-order valence-corrected chi connectivity index (χ1v) is 11.5. The smallest absolute Gasteiger partial charge is 0.357 e. The molecule has 2 rings (SSSR count). The SMILES string of the molecule is CCOC(=O)/C=C(\C(=O)OCC)N1C=Cc2ccccc2C1P(=O)(OCC)OCC. The summed E-state index contributed by atoms with van der Waals surface area (Å²) in [7, 11) is -3.78. The molecule has 0 saturated carbocycles. The second-order valence-corrected chi connectivity index (χ2v) is 8.19. The lowest BCUT2D eigenvalue weighted by atomic mass is 10.0. The highest BCUT2D eigenvalue weighted by molar-refractivity contribution is 7.54. The minimum absolute atomic E-state index is 0.104. The molecule has 0 aliphatic carbocycles. The molecule has 0 amide bonds. The van der Waals surface area contributed by atoms with Crippen LogP contribution >= 0.6 is 7.60 Å². The first-order valence-electron chi connectivity index (χ1n) is 9.91. The molecule has 0 bridgehead atoms. The van der Waals surface area contributed by atoms with Gasteiger partial charge in [-0.1, -0.05) is 24.3 Å². The summed E-state index contributed by atoms with van der Waals surface area (Å²) in [4.78, 5) is 26.3. The number of carbonyl (C=O) groups excluding carboxylic acids is 2. The molecule has 1 aromatic carbocycles. The Morgan fingerprint density at radius 3 is 2.23 bits per heavy atom. The fourth-order valence-corrected chi connectivity index (χ4v) is 5.26. The molecule has 1 aliphatic rings. The van der Waals surface area contributed by atoms with Gasteiger partial charge in [-0.2, -0.15) is 0 Å². The summed E-state index contributed by atoms with van der Waals surface area (Å²) < 4.78 is 35.1. The molecule has 0 aromatic heterocycles. The van der Waals surface area contributed by atoms with Gasteiger partial charge in [0, 0.05) is 6.20 Å². The highest BCUT2D eigenvalue weighted by atomic mass is 31.2. The van der Waals surface area contributed by atoms with Gasteiger partial charge < -0.3 is 23.4 Å². The molecule has 1 unspecified atom stereocenters. The van der Waals surface area contributed by atoms with E-state index in [2.05, 4.69) is 0 Å². The summed E-state index contributed by atoms with van der Waals surface area (Å²) in [6, 6.07) is 7.29. The number of hydrogen-bond acceptors (Lipinski definition) is 8. The molecule has 30 heavy (non-hydrogen) atoms. The molecule has 1 aliphatic heterocycles. The van der Waals surface area contributed by atoms with E-state index in [9.17, 15) is 14.2 Å². The van der Waals surface area contributed by atoms with Crippen LogP contribution in [0.2, 0.25) is 0 Å². The second kappa shape index (κ2) is 11.1. The molecule has 0 N–H and O–H groups in total. The van der Waals surface area contributed by atoms with Crippen LogP contribution in [0.5, 0.6) is 0 Å². The summed E-state index contributed by atoms with van der Waals surface area (Å²) in [5.41, 5.74) is 1.33. The molecule has 0 fully saturated rings. The molecule has 1 atom stereocenters. The van der Waals surface area contributed by atoms with Crippen molar-refractivity contribution < 1.29 is 32.7 Å². The van der Waals surface area contributed by atoms with Crippen molar-refractivity contribution in [2.45, 2.75) is 33.5 Å². The number of nitrogens with zero attached hydrogens (tertiary/aromatic N) is 1. The molecule has 1 aromatic rings. The van der Waals surface area contributed by atoms with E-state index in [0.717, 1.165) is 11.6 Å². The van der Waals surface area contributed by atoms with Crippen LogP contribution in [0.3, 0.4) is 0 Å². The predicted molar refractivity (Wildman–Crippen MR) is 112 cm³/mol. The molecule has 0 saturated heterocycles. The van der Waals surface area contributed by atoms with Gasteiger partial charge in [-0.15, -0.1) is 0 Å². The summed E-state index contributed by atoms with van der Waals surface area (Å²) in [6.07, 6.45) is 4.36. The van der Waals surface area contributed by atoms with Gasteiger partial charge in [0.15, 0.2) is 5.78 Å². The number of rotatable bonds is 10. The highest BCUT2D eigenvalue weighted by Gasteiger charge is 2.45. The van der Waals surface area contributed by atoms with Crippen LogP contribution in [0.4, 0.5) is 0 Å². The Bertz CT molecular complexity index is 855. The Labute approximate surface area is 177 Å². The van der Waals surface area contributed by atoms with Crippen molar-refractivity contribution in [2.75, 3.05) is 26.4 Å². The van der Waals surface area contributed by atoms with Crippen molar-refractivity contribution in [1.29, 1.82) is 0 Å². The molecule has 8 nitrogen and oxygen atoms in total. The number of carbonyl (C=O) groups is 2. The molecule has 0 radical (unpaired) electrons. The lowest BCUT2D eigenvalue weighted by Gasteiger charge is -2.38. The van der Waals surface area contributed by atoms with Gasteiger partial charge in [-0.3, -0.25) is 4.57 Å². The number of hydrogen-bond donors (Lipinski definition) is 0. The van der Waals surface area contributed by atoms with Gasteiger partial charge in [-0.25, -0.2) is 9.59 Å². The van der Waals surface area contributed by atoms with E-state index >= 15 is 0 Å². The third-order valence-corrected chi connectivity index (χ3v) is 6.54. The number of fused-ring (bicyclic) bond motifs is 1. The molecule has 164 valence electrons. The van der Waals surface area contributed by atoms with Crippen LogP contribution in [0, 0.1) is 0 Å². The zero-order valence-electron chi connectivity index (χ0n) is 17.7. The third kappa shape index (κ3) is 5.39. The molecule has 9 heteroatoms. The lowest BCUT2D eigenvalue weighted by Crippen LogP contribution is -2.32. The van der Waals surface area contributed by atoms with E-state index in [1.54, 1.807) is 52.1 Å². The van der Waals surface area contributed by atoms with Gasteiger partial charge in [0.1, 0.15) is 5.70 Å². The Kier molecular flexibility index (Phi) is 8.84. The van der Waals surface area contributed by atoms with E-state index in [1.807, 2.05) is 12.1 Å². The van der Waals surface area contributed by atoms with Crippen molar-refractivity contribution in [3.8, 4) is 0 Å². The van der Waals surface area contributed by atoms with E-state index in [4.69, 9.17) is 18.5 Å². The molecular weight excluding hydrogens is 409 g/mol. The van der Waals surface area contributed by atoms with Gasteiger partial charge in [0.2, 0.25) is 0 Å². The van der Waals surface area contributed by atoms with Crippen LogP contribution in [0.25, 0.3) is 6.08 Å². The summed E-state index contributed by atoms with van der Waals surface area (Å²) in [5.74, 6) is -2.45. The molecular formula is C21H28NO7P. The number of benzene rings is 1. The predicted octanol–water partition coefficient (Wildman–Crippen LogP) is 4.25. The third-order valence-electron chi connectivity index (χ3n) is 4.17. The van der Waals surface area contributed by atoms with E-state index in [-0.39, 0.29) is 32.1 Å². The Balaban J connectivity index is 2.67. The van der Waals surface area contributed by atoms with Crippen molar-refractivity contribution in [2.24, 2.45) is 0 Å². The van der Waals surface area contributed by atoms with Crippen molar-refractivity contribution >= 4 is 25.6 Å². The Morgan fingerprint density at radius 1 is 1.00 bits per heavy atom. The van der Waals surface area contributed by atoms with Crippen LogP contribution in [-0.4, -0.2) is 43.3 Å². The number of ether oxygens (including phenoxy) is 2. The molecule has 1 heterocycles. The van der Waals surface area contributed by atoms with Gasteiger partial charge >= 0.3 is 19.5 Å². The molecule has 0 spiro atoms. The maximum Gasteiger partial charge on any atom is 0.357 e. The van der Waals surface area contributed by atoms with Crippen LogP contribution < -0.4 is 0 Å². The Hall–Kier alpha value is -2.41. The van der Waals surface area contributed by atoms with E-state index < -0.39 is 25.3 Å². The first kappa shape index (κ1) is 23.9. The van der Waals surface area contributed by atoms with Crippen LogP contribution in [0.15, 0.2) is 42.2 Å². The van der Waals surface area contributed by atoms with Crippen molar-refractivity contribution in [1.82, 2.24) is 4.90 Å². The first-order chi connectivity index (χ1) is 14.4. The summed E-state index contributed by atoms with van der Waals surface area (Å²) >= 11 is 0. The standard InChI is InChI=1S/C21H28NO7P/c1-5-26-19(23)15-18(21(24)27-6-2)22-14-13-16-11-9-10-12-17(16)20(22)30(25,28-7-3)29-8-4/h9-15,20H,5-8H2,1-4H3/b18-15+. The van der Waals surface area contributed by atoms with Gasteiger partial charge in [-0.05, 0) is 44.9 Å². The minimum Gasteiger partial charge on any atom is -0.463 e. The zero-order valence-corrected chi connectivity index (χ0v) is 18.6. The Morgan fingerprint density at radius 2 is 1.63 bits per heavy atom. The summed E-state index contributed by atoms with van der Waals surface area (Å²) in [5, 5.41) is 0. The van der Waals surface area contributed by atoms with Gasteiger partial charge in [0.25, 0.3) is 0 Å². The van der Waals surface area contributed by atoms with Crippen molar-refractivity contribution in [3.63, 3.8) is 0 Å². The second-order valence-electron chi connectivity index (χ2n) is 6.10. The fourth-order valence-electron chi connectivity index (χ4n) is 3.10. The van der Waals surface area contributed by atoms with E-state index in [1.165, 1.54) is 4.90 Å². The largest absolute Gasteiger partial charge is 0.463 e. The zero-order chi connectivity index (χ0) is 22.1.